The number of aliphatic hydroxyl groups excluding tert-OH is 1. The molecule has 3 N–H and O–H groups in total. The average molecular weight is 290 g/mol. The Hall–Kier alpha value is -1.88. The summed E-state index contributed by atoms with van der Waals surface area (Å²) in [5.41, 5.74) is 0.871. The van der Waals surface area contributed by atoms with E-state index in [2.05, 4.69) is 10.6 Å². The summed E-state index contributed by atoms with van der Waals surface area (Å²) in [4.78, 5) is 23.6. The van der Waals surface area contributed by atoms with Gasteiger partial charge in [-0.1, -0.05) is 18.9 Å². The Morgan fingerprint density at radius 2 is 1.86 bits per heavy atom. The maximum atomic E-state index is 12.1. The molecule has 1 aliphatic carbocycles. The molecule has 1 atom stereocenters. The van der Waals surface area contributed by atoms with Crippen LogP contribution in [0.5, 0.6) is 0 Å². The fourth-order valence-electron chi connectivity index (χ4n) is 2.75. The summed E-state index contributed by atoms with van der Waals surface area (Å²) in [6.07, 6.45) is 3.89. The van der Waals surface area contributed by atoms with E-state index in [4.69, 9.17) is 0 Å². The fraction of sp³-hybridized carbons (Fsp3) is 0.500. The number of rotatable bonds is 5. The summed E-state index contributed by atoms with van der Waals surface area (Å²) in [5, 5.41) is 15.3. The molecule has 1 aliphatic rings. The van der Waals surface area contributed by atoms with Crippen LogP contribution in [0.4, 0.5) is 0 Å². The Balaban J connectivity index is 1.92. The summed E-state index contributed by atoms with van der Waals surface area (Å²) >= 11 is 0. The van der Waals surface area contributed by atoms with Crippen molar-refractivity contribution in [2.24, 2.45) is 5.92 Å². The van der Waals surface area contributed by atoms with E-state index in [1.54, 1.807) is 31.3 Å². The van der Waals surface area contributed by atoms with Crippen LogP contribution in [0, 0.1) is 5.92 Å². The van der Waals surface area contributed by atoms with Gasteiger partial charge in [-0.2, -0.15) is 0 Å². The number of carbonyl (C=O) groups is 2. The molecule has 5 heteroatoms. The van der Waals surface area contributed by atoms with E-state index in [1.807, 2.05) is 0 Å². The zero-order valence-electron chi connectivity index (χ0n) is 12.3. The topological polar surface area (TPSA) is 78.4 Å². The van der Waals surface area contributed by atoms with Crippen LogP contribution in [0.25, 0.3) is 0 Å². The SMILES string of the molecule is CNC(=O)c1cccc(C(=O)NC[C@H](O)C2CCCC2)c1. The highest BCUT2D eigenvalue weighted by Gasteiger charge is 2.23. The summed E-state index contributed by atoms with van der Waals surface area (Å²) in [7, 11) is 1.55. The lowest BCUT2D eigenvalue weighted by Gasteiger charge is -2.18. The number of hydrogen-bond acceptors (Lipinski definition) is 3. The molecule has 0 bridgehead atoms. The third-order valence-electron chi connectivity index (χ3n) is 4.03. The van der Waals surface area contributed by atoms with Gasteiger partial charge in [0.15, 0.2) is 0 Å². The fourth-order valence-corrected chi connectivity index (χ4v) is 2.75. The molecule has 1 aromatic rings. The number of benzene rings is 1. The first kappa shape index (κ1) is 15.5. The molecule has 2 amide bonds. The molecule has 0 heterocycles. The highest BCUT2D eigenvalue weighted by Crippen LogP contribution is 2.27. The van der Waals surface area contributed by atoms with Crippen LogP contribution in [-0.2, 0) is 0 Å². The molecule has 0 aromatic heterocycles. The van der Waals surface area contributed by atoms with Crippen molar-refractivity contribution in [1.82, 2.24) is 10.6 Å². The number of hydrogen-bond donors (Lipinski definition) is 3. The van der Waals surface area contributed by atoms with Crippen LogP contribution in [0.15, 0.2) is 24.3 Å². The van der Waals surface area contributed by atoms with Gasteiger partial charge in [0.2, 0.25) is 0 Å². The van der Waals surface area contributed by atoms with Crippen molar-refractivity contribution in [3.05, 3.63) is 35.4 Å². The first-order chi connectivity index (χ1) is 10.1. The lowest BCUT2D eigenvalue weighted by molar-refractivity contribution is 0.0840. The molecule has 5 nitrogen and oxygen atoms in total. The molecule has 21 heavy (non-hydrogen) atoms. The maximum Gasteiger partial charge on any atom is 0.251 e. The van der Waals surface area contributed by atoms with Crippen LogP contribution in [-0.4, -0.2) is 36.6 Å². The van der Waals surface area contributed by atoms with Gasteiger partial charge in [0.1, 0.15) is 0 Å². The first-order valence-electron chi connectivity index (χ1n) is 7.40. The molecule has 1 aromatic carbocycles. The van der Waals surface area contributed by atoms with Crippen LogP contribution in [0.3, 0.4) is 0 Å². The van der Waals surface area contributed by atoms with E-state index < -0.39 is 6.10 Å². The third kappa shape index (κ3) is 4.04. The van der Waals surface area contributed by atoms with Crippen molar-refractivity contribution in [2.45, 2.75) is 31.8 Å². The second-order valence-electron chi connectivity index (χ2n) is 5.48. The van der Waals surface area contributed by atoms with E-state index in [-0.39, 0.29) is 18.4 Å². The maximum absolute atomic E-state index is 12.1. The summed E-state index contributed by atoms with van der Waals surface area (Å²) in [6, 6.07) is 6.54. The number of nitrogens with one attached hydrogen (secondary N) is 2. The lowest BCUT2D eigenvalue weighted by Crippen LogP contribution is -2.35. The molecule has 1 fully saturated rings. The third-order valence-corrected chi connectivity index (χ3v) is 4.03. The number of amides is 2. The molecular formula is C16H22N2O3. The van der Waals surface area contributed by atoms with Gasteiger partial charge >= 0.3 is 0 Å². The molecular weight excluding hydrogens is 268 g/mol. The van der Waals surface area contributed by atoms with Gasteiger partial charge in [-0.05, 0) is 37.0 Å². The Morgan fingerprint density at radius 3 is 2.48 bits per heavy atom. The number of aliphatic hydroxyl groups is 1. The van der Waals surface area contributed by atoms with Crippen LogP contribution in [0.1, 0.15) is 46.4 Å². The van der Waals surface area contributed by atoms with Gasteiger partial charge in [0.25, 0.3) is 11.8 Å². The second kappa shape index (κ2) is 7.22. The quantitative estimate of drug-likeness (QED) is 0.765. The van der Waals surface area contributed by atoms with Crippen molar-refractivity contribution >= 4 is 11.8 Å². The minimum atomic E-state index is -0.487. The van der Waals surface area contributed by atoms with E-state index in [9.17, 15) is 14.7 Å². The monoisotopic (exact) mass is 290 g/mol. The molecule has 0 radical (unpaired) electrons. The molecule has 1 saturated carbocycles. The summed E-state index contributed by atoms with van der Waals surface area (Å²) in [5.74, 6) is -0.198. The Labute approximate surface area is 124 Å². The van der Waals surface area contributed by atoms with Gasteiger partial charge < -0.3 is 15.7 Å². The van der Waals surface area contributed by atoms with Crippen molar-refractivity contribution in [3.8, 4) is 0 Å². The van der Waals surface area contributed by atoms with Gasteiger partial charge in [-0.3, -0.25) is 9.59 Å². The minimum Gasteiger partial charge on any atom is -0.391 e. The van der Waals surface area contributed by atoms with Gasteiger partial charge in [-0.25, -0.2) is 0 Å². The second-order valence-corrected chi connectivity index (χ2v) is 5.48. The zero-order chi connectivity index (χ0) is 15.2. The summed E-state index contributed by atoms with van der Waals surface area (Å²) in [6.45, 7) is 0.258. The highest BCUT2D eigenvalue weighted by molar-refractivity contribution is 5.99. The van der Waals surface area contributed by atoms with E-state index in [0.717, 1.165) is 25.7 Å². The zero-order valence-corrected chi connectivity index (χ0v) is 12.3. The molecule has 0 saturated heterocycles. The van der Waals surface area contributed by atoms with E-state index in [1.165, 1.54) is 0 Å². The predicted molar refractivity (Wildman–Crippen MR) is 80.1 cm³/mol. The van der Waals surface area contributed by atoms with Crippen molar-refractivity contribution in [1.29, 1.82) is 0 Å². The molecule has 0 spiro atoms. The molecule has 0 aliphatic heterocycles. The minimum absolute atomic E-state index is 0.226. The van der Waals surface area contributed by atoms with Gasteiger partial charge in [0, 0.05) is 24.7 Å². The molecule has 2 rings (SSSR count). The van der Waals surface area contributed by atoms with Crippen molar-refractivity contribution in [3.63, 3.8) is 0 Å². The average Bonchev–Trinajstić information content (AvgIpc) is 3.06. The van der Waals surface area contributed by atoms with Crippen LogP contribution >= 0.6 is 0 Å². The largest absolute Gasteiger partial charge is 0.391 e. The Bertz CT molecular complexity index is 510. The smallest absolute Gasteiger partial charge is 0.251 e. The lowest BCUT2D eigenvalue weighted by atomic mass is 10.0. The number of carbonyl (C=O) groups excluding carboxylic acids is 2. The summed E-state index contributed by atoms with van der Waals surface area (Å²) < 4.78 is 0. The first-order valence-corrected chi connectivity index (χ1v) is 7.40. The van der Waals surface area contributed by atoms with Gasteiger partial charge in [-0.15, -0.1) is 0 Å². The molecule has 0 unspecified atom stereocenters. The van der Waals surface area contributed by atoms with E-state index in [0.29, 0.717) is 17.0 Å². The van der Waals surface area contributed by atoms with Gasteiger partial charge in [0.05, 0.1) is 6.10 Å². The normalized spacial score (nSPS) is 16.5. The highest BCUT2D eigenvalue weighted by atomic mass is 16.3. The van der Waals surface area contributed by atoms with Crippen molar-refractivity contribution in [2.75, 3.05) is 13.6 Å². The van der Waals surface area contributed by atoms with E-state index >= 15 is 0 Å². The van der Waals surface area contributed by atoms with Crippen LogP contribution < -0.4 is 10.6 Å². The van der Waals surface area contributed by atoms with Crippen LogP contribution in [0.2, 0.25) is 0 Å². The predicted octanol–water partition coefficient (Wildman–Crippen LogP) is 1.33. The standard InChI is InChI=1S/C16H22N2O3/c1-17-15(20)12-7-4-8-13(9-12)16(21)18-10-14(19)11-5-2-3-6-11/h4,7-9,11,14,19H,2-3,5-6,10H2,1H3,(H,17,20)(H,18,21)/t14-/m0/s1. The molecule has 114 valence electrons. The Kier molecular flexibility index (Phi) is 5.33. The van der Waals surface area contributed by atoms with Crippen molar-refractivity contribution < 1.29 is 14.7 Å². The Morgan fingerprint density at radius 1 is 1.24 bits per heavy atom.